The van der Waals surface area contributed by atoms with E-state index in [4.69, 9.17) is 4.74 Å². The fraction of sp³-hybridized carbons (Fsp3) is 0.0714. The van der Waals surface area contributed by atoms with Crippen LogP contribution < -0.4 is 9.46 Å². The maximum atomic E-state index is 12.4. The highest BCUT2D eigenvalue weighted by molar-refractivity contribution is 7.94. The van der Waals surface area contributed by atoms with Crippen molar-refractivity contribution >= 4 is 27.0 Å². The van der Waals surface area contributed by atoms with E-state index in [0.29, 0.717) is 11.4 Å². The molecular weight excluding hydrogens is 322 g/mol. The zero-order chi connectivity index (χ0) is 15.6. The molecule has 0 aliphatic carbocycles. The fourth-order valence-corrected chi connectivity index (χ4v) is 4.29. The molecule has 0 unspecified atom stereocenters. The molecule has 0 spiro atoms. The van der Waals surface area contributed by atoms with Crippen molar-refractivity contribution in [1.29, 1.82) is 0 Å². The van der Waals surface area contributed by atoms with Crippen LogP contribution in [0.4, 0.5) is 5.69 Å². The summed E-state index contributed by atoms with van der Waals surface area (Å²) < 4.78 is 34.3. The lowest BCUT2D eigenvalue weighted by molar-refractivity contribution is 0.406. The van der Waals surface area contributed by atoms with Crippen LogP contribution in [-0.2, 0) is 10.0 Å². The van der Waals surface area contributed by atoms with E-state index < -0.39 is 10.0 Å². The lowest BCUT2D eigenvalue weighted by Crippen LogP contribution is -2.12. The molecule has 1 N–H and O–H groups in total. The molecule has 0 aliphatic rings. The number of hydrogen-bond acceptors (Lipinski definition) is 5. The van der Waals surface area contributed by atoms with E-state index in [1.54, 1.807) is 52.8 Å². The molecule has 0 saturated heterocycles. The maximum Gasteiger partial charge on any atom is 0.275 e. The number of hydrogen-bond donors (Lipinski definition) is 1. The summed E-state index contributed by atoms with van der Waals surface area (Å²) >= 11 is 1.11. The van der Waals surface area contributed by atoms with Crippen LogP contribution in [0.5, 0.6) is 5.75 Å². The van der Waals surface area contributed by atoms with Gasteiger partial charge in [-0.1, -0.05) is 6.07 Å². The summed E-state index contributed by atoms with van der Waals surface area (Å²) in [6.45, 7) is 0. The average Bonchev–Trinajstić information content (AvgIpc) is 3.18. The fourth-order valence-electron chi connectivity index (χ4n) is 1.97. The minimum absolute atomic E-state index is 0.152. The van der Waals surface area contributed by atoms with Gasteiger partial charge in [-0.25, -0.2) is 13.1 Å². The number of nitrogens with zero attached hydrogens (tertiary/aromatic N) is 2. The summed E-state index contributed by atoms with van der Waals surface area (Å²) in [7, 11) is -2.24. The first-order chi connectivity index (χ1) is 10.6. The predicted molar refractivity (Wildman–Crippen MR) is 85.2 cm³/mol. The van der Waals surface area contributed by atoms with Crippen molar-refractivity contribution in [3.8, 4) is 11.4 Å². The van der Waals surface area contributed by atoms with Crippen LogP contribution in [0.3, 0.4) is 0 Å². The number of aromatic nitrogens is 2. The minimum atomic E-state index is -3.68. The molecule has 0 amide bonds. The van der Waals surface area contributed by atoms with Crippen LogP contribution in [0, 0.1) is 0 Å². The smallest absolute Gasteiger partial charge is 0.275 e. The van der Waals surface area contributed by atoms with E-state index in [1.807, 2.05) is 6.07 Å². The first-order valence-corrected chi connectivity index (χ1v) is 8.71. The van der Waals surface area contributed by atoms with Crippen LogP contribution >= 0.6 is 11.3 Å². The van der Waals surface area contributed by atoms with Crippen LogP contribution in [0.1, 0.15) is 0 Å². The Hall–Kier alpha value is -2.32. The lowest BCUT2D eigenvalue weighted by atomic mass is 10.3. The van der Waals surface area contributed by atoms with E-state index >= 15 is 0 Å². The summed E-state index contributed by atoms with van der Waals surface area (Å²) in [4.78, 5) is 0. The van der Waals surface area contributed by atoms with Gasteiger partial charge in [0.15, 0.2) is 4.21 Å². The number of ether oxygens (including phenoxy) is 1. The van der Waals surface area contributed by atoms with Gasteiger partial charge >= 0.3 is 0 Å². The Balaban J connectivity index is 1.91. The number of sulfonamides is 1. The van der Waals surface area contributed by atoms with Gasteiger partial charge in [0, 0.05) is 12.4 Å². The van der Waals surface area contributed by atoms with Gasteiger partial charge in [-0.05, 0) is 35.7 Å². The van der Waals surface area contributed by atoms with Gasteiger partial charge in [0.1, 0.15) is 5.75 Å². The van der Waals surface area contributed by atoms with Crippen LogP contribution in [0.25, 0.3) is 5.69 Å². The standard InChI is InChI=1S/C14H13N3O3S2/c1-20-13-6-9-21-14(13)22(18,19)16-11-4-2-5-12(10-11)17-8-3-7-15-17/h2-10,16H,1H3. The molecule has 2 heterocycles. The van der Waals surface area contributed by atoms with Crippen molar-refractivity contribution in [1.82, 2.24) is 9.78 Å². The van der Waals surface area contributed by atoms with E-state index in [9.17, 15) is 8.42 Å². The number of anilines is 1. The Morgan fingerprint density at radius 1 is 1.27 bits per heavy atom. The van der Waals surface area contributed by atoms with Gasteiger partial charge in [-0.3, -0.25) is 4.72 Å². The minimum Gasteiger partial charge on any atom is -0.494 e. The van der Waals surface area contributed by atoms with Gasteiger partial charge in [0.25, 0.3) is 10.0 Å². The molecule has 3 aromatic rings. The molecule has 0 atom stereocenters. The average molecular weight is 335 g/mol. The number of methoxy groups -OCH3 is 1. The van der Waals surface area contributed by atoms with Crippen molar-refractivity contribution in [2.75, 3.05) is 11.8 Å². The zero-order valence-electron chi connectivity index (χ0n) is 11.6. The van der Waals surface area contributed by atoms with Crippen molar-refractivity contribution in [2.24, 2.45) is 0 Å². The summed E-state index contributed by atoms with van der Waals surface area (Å²) in [6.07, 6.45) is 3.45. The van der Waals surface area contributed by atoms with Gasteiger partial charge in [-0.2, -0.15) is 5.10 Å². The molecule has 2 aromatic heterocycles. The molecule has 3 rings (SSSR count). The van der Waals surface area contributed by atoms with E-state index in [-0.39, 0.29) is 4.21 Å². The second-order valence-corrected chi connectivity index (χ2v) is 7.18. The lowest BCUT2D eigenvalue weighted by Gasteiger charge is -2.09. The Bertz CT molecular complexity index is 870. The summed E-state index contributed by atoms with van der Waals surface area (Å²) in [5.74, 6) is 0.334. The Kier molecular flexibility index (Phi) is 3.86. The summed E-state index contributed by atoms with van der Waals surface area (Å²) in [5.41, 5.74) is 1.23. The highest BCUT2D eigenvalue weighted by Crippen LogP contribution is 2.31. The van der Waals surface area contributed by atoms with Crippen molar-refractivity contribution in [3.63, 3.8) is 0 Å². The molecule has 0 radical (unpaired) electrons. The molecule has 8 heteroatoms. The zero-order valence-corrected chi connectivity index (χ0v) is 13.3. The largest absolute Gasteiger partial charge is 0.494 e. The van der Waals surface area contributed by atoms with Crippen LogP contribution in [0.2, 0.25) is 0 Å². The molecular formula is C14H13N3O3S2. The third-order valence-electron chi connectivity index (χ3n) is 2.93. The third kappa shape index (κ3) is 2.83. The topological polar surface area (TPSA) is 73.2 Å². The number of benzene rings is 1. The van der Waals surface area contributed by atoms with Gasteiger partial charge in [-0.15, -0.1) is 11.3 Å². The normalized spacial score (nSPS) is 11.3. The highest BCUT2D eigenvalue weighted by atomic mass is 32.2. The summed E-state index contributed by atoms with van der Waals surface area (Å²) in [6, 6.07) is 10.4. The van der Waals surface area contributed by atoms with Crippen molar-refractivity contribution in [2.45, 2.75) is 4.21 Å². The molecule has 0 aliphatic heterocycles. The summed E-state index contributed by atoms with van der Waals surface area (Å²) in [5, 5.41) is 5.80. The Morgan fingerprint density at radius 3 is 2.86 bits per heavy atom. The van der Waals surface area contributed by atoms with Crippen molar-refractivity contribution in [3.05, 3.63) is 54.2 Å². The number of thiophene rings is 1. The quantitative estimate of drug-likeness (QED) is 0.778. The first kappa shape index (κ1) is 14.6. The monoisotopic (exact) mass is 335 g/mol. The predicted octanol–water partition coefficient (Wildman–Crippen LogP) is 2.74. The second-order valence-electron chi connectivity index (χ2n) is 4.38. The van der Waals surface area contributed by atoms with E-state index in [2.05, 4.69) is 9.82 Å². The molecule has 0 bridgehead atoms. The first-order valence-electron chi connectivity index (χ1n) is 6.34. The molecule has 114 valence electrons. The third-order valence-corrected chi connectivity index (χ3v) is 5.76. The SMILES string of the molecule is COc1ccsc1S(=O)(=O)Nc1cccc(-n2cccn2)c1. The van der Waals surface area contributed by atoms with Crippen molar-refractivity contribution < 1.29 is 13.2 Å². The number of rotatable bonds is 5. The Morgan fingerprint density at radius 2 is 2.14 bits per heavy atom. The van der Waals surface area contributed by atoms with Gasteiger partial charge in [0.2, 0.25) is 0 Å². The van der Waals surface area contributed by atoms with E-state index in [0.717, 1.165) is 17.0 Å². The Labute approximate surface area is 132 Å². The van der Waals surface area contributed by atoms with Gasteiger partial charge < -0.3 is 4.74 Å². The molecule has 22 heavy (non-hydrogen) atoms. The van der Waals surface area contributed by atoms with Crippen LogP contribution in [-0.4, -0.2) is 25.3 Å². The molecule has 0 fully saturated rings. The number of nitrogens with one attached hydrogen (secondary N) is 1. The van der Waals surface area contributed by atoms with Gasteiger partial charge in [0.05, 0.1) is 18.5 Å². The second kappa shape index (κ2) is 5.82. The molecule has 6 nitrogen and oxygen atoms in total. The molecule has 0 saturated carbocycles. The molecule has 1 aromatic carbocycles. The van der Waals surface area contributed by atoms with Crippen LogP contribution in [0.15, 0.2) is 58.4 Å². The highest BCUT2D eigenvalue weighted by Gasteiger charge is 2.21. The van der Waals surface area contributed by atoms with E-state index in [1.165, 1.54) is 7.11 Å². The maximum absolute atomic E-state index is 12.4.